The van der Waals surface area contributed by atoms with E-state index in [1.54, 1.807) is 89.0 Å². The SMILES string of the molecule is COc1ccc2cc1Oc1ccc(cc1)C[C@H](N(C)C(=O)OC(C)(C)C)C(=O)C[C@H](C(C)=O)C2.COc1ccc2cc1Oc1ccc(cc1)C[C@H](N(C)C(=O)OC(C)(C)C)C(=O)N(C)[C@H](C(C)=O)C2. The Labute approximate surface area is 405 Å². The Morgan fingerprint density at radius 2 is 0.971 bits per heavy atom. The van der Waals surface area contributed by atoms with Crippen LogP contribution in [0.3, 0.4) is 0 Å². The average Bonchev–Trinajstić information content (AvgIpc) is 3.27. The highest BCUT2D eigenvalue weighted by Crippen LogP contribution is 2.36. The van der Waals surface area contributed by atoms with Crippen LogP contribution in [0.2, 0.25) is 0 Å². The second kappa shape index (κ2) is 22.5. The molecule has 8 bridgehead atoms. The molecule has 4 aromatic carbocycles. The van der Waals surface area contributed by atoms with Crippen molar-refractivity contribution in [3.05, 3.63) is 107 Å². The predicted molar refractivity (Wildman–Crippen MR) is 260 cm³/mol. The lowest BCUT2D eigenvalue weighted by Crippen LogP contribution is -2.54. The number of Topliss-reactive ketones (excluding diaryl/α,β-unsaturated/α-hetero) is 3. The summed E-state index contributed by atoms with van der Waals surface area (Å²) in [6.07, 6.45) is 0.0517. The lowest BCUT2D eigenvalue weighted by Gasteiger charge is -2.35. The van der Waals surface area contributed by atoms with Gasteiger partial charge in [-0.15, -0.1) is 0 Å². The fraction of sp³-hybridized carbons (Fsp3) is 0.444. The molecule has 8 rings (SSSR count). The van der Waals surface area contributed by atoms with E-state index in [1.165, 1.54) is 28.5 Å². The van der Waals surface area contributed by atoms with Crippen molar-refractivity contribution in [1.82, 2.24) is 14.7 Å². The van der Waals surface area contributed by atoms with Gasteiger partial charge >= 0.3 is 12.2 Å². The van der Waals surface area contributed by atoms with Crippen LogP contribution < -0.4 is 18.9 Å². The van der Waals surface area contributed by atoms with Crippen LogP contribution in [-0.2, 0) is 54.3 Å². The molecule has 0 spiro atoms. The number of hydrogen-bond acceptors (Lipinski definition) is 12. The summed E-state index contributed by atoms with van der Waals surface area (Å²) in [7, 11) is 7.84. The molecule has 0 N–H and O–H groups in total. The average molecular weight is 950 g/mol. The molecule has 0 aromatic heterocycles. The maximum Gasteiger partial charge on any atom is 0.410 e. The number of hydrogen-bond donors (Lipinski definition) is 0. The quantitative estimate of drug-likeness (QED) is 0.180. The highest BCUT2D eigenvalue weighted by Gasteiger charge is 2.37. The van der Waals surface area contributed by atoms with Crippen molar-refractivity contribution in [3.8, 4) is 34.5 Å². The van der Waals surface area contributed by atoms with E-state index >= 15 is 0 Å². The van der Waals surface area contributed by atoms with Crippen LogP contribution in [0.25, 0.3) is 0 Å². The molecule has 15 heteroatoms. The number of amides is 3. The van der Waals surface area contributed by atoms with Gasteiger partial charge < -0.3 is 38.2 Å². The topological polar surface area (TPSA) is 168 Å². The molecule has 0 unspecified atom stereocenters. The lowest BCUT2D eigenvalue weighted by molar-refractivity contribution is -0.141. The molecule has 4 aliphatic heterocycles. The van der Waals surface area contributed by atoms with Gasteiger partial charge in [-0.25, -0.2) is 9.59 Å². The largest absolute Gasteiger partial charge is 0.493 e. The number of carbonyl (C=O) groups excluding carboxylic acids is 6. The zero-order chi connectivity index (χ0) is 51.0. The Kier molecular flexibility index (Phi) is 17.3. The fourth-order valence-electron chi connectivity index (χ4n) is 7.91. The molecule has 3 amide bonds. The summed E-state index contributed by atoms with van der Waals surface area (Å²) in [5, 5.41) is 0. The summed E-state index contributed by atoms with van der Waals surface area (Å²) in [5.41, 5.74) is 1.95. The molecule has 0 saturated heterocycles. The molecule has 0 saturated carbocycles. The summed E-state index contributed by atoms with van der Waals surface area (Å²) in [6, 6.07) is 23.3. The lowest BCUT2D eigenvalue weighted by atomic mass is 9.87. The van der Waals surface area contributed by atoms with E-state index in [0.29, 0.717) is 53.8 Å². The van der Waals surface area contributed by atoms with Gasteiger partial charge in [0.2, 0.25) is 5.91 Å². The molecule has 0 fully saturated rings. The van der Waals surface area contributed by atoms with Crippen LogP contribution in [0.15, 0.2) is 84.9 Å². The minimum absolute atomic E-state index is 0.0213. The number of carbonyl (C=O) groups is 6. The number of fused-ring (bicyclic) bond motifs is 14. The zero-order valence-electron chi connectivity index (χ0n) is 42.2. The van der Waals surface area contributed by atoms with Gasteiger partial charge in [0.15, 0.2) is 34.6 Å². The van der Waals surface area contributed by atoms with Gasteiger partial charge in [0, 0.05) is 52.7 Å². The van der Waals surface area contributed by atoms with Crippen LogP contribution in [0, 0.1) is 5.92 Å². The Hall–Kier alpha value is -6.90. The number of likely N-dealkylation sites (N-methyl/N-ethyl adjacent to an activating group) is 3. The first-order valence-corrected chi connectivity index (χ1v) is 23.0. The van der Waals surface area contributed by atoms with Gasteiger partial charge in [0.05, 0.1) is 26.3 Å². The highest BCUT2D eigenvalue weighted by atomic mass is 16.6. The molecule has 4 heterocycles. The van der Waals surface area contributed by atoms with Crippen molar-refractivity contribution >= 4 is 35.4 Å². The molecule has 0 radical (unpaired) electrons. The van der Waals surface area contributed by atoms with Crippen molar-refractivity contribution in [2.45, 2.75) is 117 Å². The second-order valence-corrected chi connectivity index (χ2v) is 19.5. The predicted octanol–water partition coefficient (Wildman–Crippen LogP) is 9.22. The normalized spacial score (nSPS) is 18.4. The molecule has 4 aromatic rings. The number of ether oxygens (including phenoxy) is 6. The summed E-state index contributed by atoms with van der Waals surface area (Å²) >= 11 is 0. The molecule has 0 aliphatic carbocycles. The monoisotopic (exact) mass is 949 g/mol. The number of rotatable bonds is 6. The molecular formula is C54H67N3O12. The summed E-state index contributed by atoms with van der Waals surface area (Å²) in [4.78, 5) is 82.1. The Balaban J connectivity index is 0.000000258. The van der Waals surface area contributed by atoms with Crippen molar-refractivity contribution in [3.63, 3.8) is 0 Å². The molecule has 4 aliphatic rings. The first kappa shape index (κ1) is 53.1. The maximum absolute atomic E-state index is 13.8. The van der Waals surface area contributed by atoms with Crippen LogP contribution in [-0.4, -0.2) is 115 Å². The summed E-state index contributed by atoms with van der Waals surface area (Å²) in [6.45, 7) is 13.6. The van der Waals surface area contributed by atoms with E-state index in [1.807, 2.05) is 72.8 Å². The van der Waals surface area contributed by atoms with Crippen molar-refractivity contribution < 1.29 is 57.2 Å². The summed E-state index contributed by atoms with van der Waals surface area (Å²) in [5.74, 6) is 2.13. The van der Waals surface area contributed by atoms with E-state index in [2.05, 4.69) is 0 Å². The third kappa shape index (κ3) is 14.6. The third-order valence-electron chi connectivity index (χ3n) is 11.8. The number of benzene rings is 4. The minimum atomic E-state index is -0.863. The van der Waals surface area contributed by atoms with Gasteiger partial charge in [0.1, 0.15) is 34.5 Å². The second-order valence-electron chi connectivity index (χ2n) is 19.5. The molecular weight excluding hydrogens is 883 g/mol. The first-order chi connectivity index (χ1) is 32.4. The standard InChI is InChI=1S/C27H34N2O6.C27H33NO6/c1-17(30)21-15-19-10-13-23(33-7)24(16-19)34-20-11-8-18(9-12-20)14-22(25(31)28(21)5)29(6)26(32)35-27(2,3)4;1-17(29)20-13-19-9-12-24(32-6)25(15-19)33-21-10-7-18(8-11-21)14-22(23(30)16-20)28(5)26(31)34-27(2,3)4/h8-13,16,21-22H,14-15H2,1-7H3;7-12,15,20,22H,13-14,16H2,1-6H3/t21-,22-;20-,22+/m01/s1. The molecule has 370 valence electrons. The van der Waals surface area contributed by atoms with Crippen molar-refractivity contribution in [1.29, 1.82) is 0 Å². The number of nitrogens with zero attached hydrogens (tertiary/aromatic N) is 3. The number of methoxy groups -OCH3 is 2. The molecule has 69 heavy (non-hydrogen) atoms. The van der Waals surface area contributed by atoms with Gasteiger partial charge in [-0.05, 0) is 133 Å². The third-order valence-corrected chi connectivity index (χ3v) is 11.8. The van der Waals surface area contributed by atoms with E-state index in [-0.39, 0.29) is 36.1 Å². The van der Waals surface area contributed by atoms with Crippen molar-refractivity contribution in [2.24, 2.45) is 5.92 Å². The van der Waals surface area contributed by atoms with E-state index < -0.39 is 47.4 Å². The van der Waals surface area contributed by atoms with Crippen LogP contribution in [0.4, 0.5) is 9.59 Å². The Morgan fingerprint density at radius 1 is 0.565 bits per heavy atom. The molecule has 4 atom stereocenters. The summed E-state index contributed by atoms with van der Waals surface area (Å²) < 4.78 is 34.0. The van der Waals surface area contributed by atoms with E-state index in [9.17, 15) is 28.8 Å². The van der Waals surface area contributed by atoms with Crippen LogP contribution in [0.5, 0.6) is 34.5 Å². The van der Waals surface area contributed by atoms with Gasteiger partial charge in [-0.3, -0.25) is 24.1 Å². The Bertz CT molecular complexity index is 2490. The van der Waals surface area contributed by atoms with Gasteiger partial charge in [-0.1, -0.05) is 36.4 Å². The van der Waals surface area contributed by atoms with Crippen LogP contribution >= 0.6 is 0 Å². The zero-order valence-corrected chi connectivity index (χ0v) is 42.2. The number of ketones is 3. The fourth-order valence-corrected chi connectivity index (χ4v) is 7.91. The first-order valence-electron chi connectivity index (χ1n) is 23.0. The molecule has 15 nitrogen and oxygen atoms in total. The van der Waals surface area contributed by atoms with Gasteiger partial charge in [0.25, 0.3) is 0 Å². The van der Waals surface area contributed by atoms with Gasteiger partial charge in [-0.2, -0.15) is 0 Å². The smallest absolute Gasteiger partial charge is 0.410 e. The Morgan fingerprint density at radius 3 is 1.38 bits per heavy atom. The van der Waals surface area contributed by atoms with E-state index in [0.717, 1.165) is 22.3 Å². The minimum Gasteiger partial charge on any atom is -0.493 e. The highest BCUT2D eigenvalue weighted by molar-refractivity contribution is 5.93. The maximum atomic E-state index is 13.8. The van der Waals surface area contributed by atoms with Crippen LogP contribution in [0.1, 0.15) is 84.1 Å². The van der Waals surface area contributed by atoms with Crippen molar-refractivity contribution in [2.75, 3.05) is 35.4 Å². The van der Waals surface area contributed by atoms with E-state index in [4.69, 9.17) is 28.4 Å².